The van der Waals surface area contributed by atoms with Crippen molar-refractivity contribution in [2.24, 2.45) is 0 Å². The van der Waals surface area contributed by atoms with Gasteiger partial charge < -0.3 is 10.4 Å². The van der Waals surface area contributed by atoms with Crippen LogP contribution in [-0.2, 0) is 10.4 Å². The van der Waals surface area contributed by atoms with E-state index in [1.165, 1.54) is 30.3 Å². The van der Waals surface area contributed by atoms with E-state index >= 15 is 0 Å². The highest BCUT2D eigenvalue weighted by Crippen LogP contribution is 2.52. The highest BCUT2D eigenvalue weighted by atomic mass is 19.4. The molecule has 3 nitrogen and oxygen atoms in total. The Labute approximate surface area is 172 Å². The zero-order valence-electron chi connectivity index (χ0n) is 15.6. The molecule has 0 radical (unpaired) electrons. The fraction of sp³-hybridized carbons (Fsp3) is 0.136. The summed E-state index contributed by atoms with van der Waals surface area (Å²) in [5.74, 6) is -0.965. The van der Waals surface area contributed by atoms with E-state index in [9.17, 15) is 36.2 Å². The number of anilines is 1. The zero-order valence-corrected chi connectivity index (χ0v) is 15.6. The Morgan fingerprint density at radius 1 is 0.806 bits per heavy atom. The number of carbonyl (C=O) groups excluding carboxylic acids is 1. The van der Waals surface area contributed by atoms with Gasteiger partial charge in [-0.25, -0.2) is 0 Å². The maximum Gasteiger partial charge on any atom is 0.430 e. The molecule has 0 aliphatic rings. The van der Waals surface area contributed by atoms with Gasteiger partial charge in [0.05, 0.1) is 5.69 Å². The van der Waals surface area contributed by atoms with Gasteiger partial charge in [0.1, 0.15) is 0 Å². The van der Waals surface area contributed by atoms with Gasteiger partial charge in [-0.05, 0) is 17.0 Å². The molecule has 0 fully saturated rings. The summed E-state index contributed by atoms with van der Waals surface area (Å²) in [5.41, 5.74) is -6.89. The molecule has 0 aromatic heterocycles. The average Bonchev–Trinajstić information content (AvgIpc) is 2.71. The van der Waals surface area contributed by atoms with Crippen LogP contribution in [0.4, 0.5) is 32.0 Å². The summed E-state index contributed by atoms with van der Waals surface area (Å²) >= 11 is 0. The Morgan fingerprint density at radius 3 is 2.00 bits per heavy atom. The first kappa shape index (κ1) is 22.4. The van der Waals surface area contributed by atoms with Crippen LogP contribution in [0, 0.1) is 0 Å². The van der Waals surface area contributed by atoms with Gasteiger partial charge >= 0.3 is 12.4 Å². The van der Waals surface area contributed by atoms with E-state index in [-0.39, 0.29) is 10.8 Å². The Hall–Kier alpha value is -3.33. The molecule has 0 saturated carbocycles. The highest BCUT2D eigenvalue weighted by molar-refractivity contribution is 6.08. The molecule has 3 aromatic rings. The lowest BCUT2D eigenvalue weighted by atomic mass is 9.88. The molecule has 3 aromatic carbocycles. The molecular formula is C22H15F6NO2. The van der Waals surface area contributed by atoms with Gasteiger partial charge in [0.2, 0.25) is 5.91 Å². The van der Waals surface area contributed by atoms with Crippen LogP contribution in [0.3, 0.4) is 0 Å². The van der Waals surface area contributed by atoms with Crippen molar-refractivity contribution in [2.45, 2.75) is 18.0 Å². The quantitative estimate of drug-likeness (QED) is 0.399. The monoisotopic (exact) mass is 439 g/mol. The summed E-state index contributed by atoms with van der Waals surface area (Å²) in [5, 5.41) is 12.2. The SMILES string of the molecule is O=C(C=Cc1ccccc1)Nc1c(C(O)(C(F)(F)F)C(F)(F)F)ccc2ccccc12. The van der Waals surface area contributed by atoms with Crippen LogP contribution < -0.4 is 5.32 Å². The number of benzene rings is 3. The molecule has 2 N–H and O–H groups in total. The minimum absolute atomic E-state index is 0.0895. The molecule has 0 unspecified atom stereocenters. The largest absolute Gasteiger partial charge is 0.430 e. The van der Waals surface area contributed by atoms with E-state index in [1.807, 2.05) is 0 Å². The van der Waals surface area contributed by atoms with E-state index in [1.54, 1.807) is 30.3 Å². The van der Waals surface area contributed by atoms with E-state index < -0.39 is 35.1 Å². The molecule has 0 saturated heterocycles. The Morgan fingerprint density at radius 2 is 1.39 bits per heavy atom. The van der Waals surface area contributed by atoms with E-state index in [0.717, 1.165) is 12.1 Å². The van der Waals surface area contributed by atoms with Gasteiger partial charge in [0.25, 0.3) is 5.60 Å². The lowest BCUT2D eigenvalue weighted by Crippen LogP contribution is -2.54. The van der Waals surface area contributed by atoms with Crippen molar-refractivity contribution in [2.75, 3.05) is 5.32 Å². The molecule has 162 valence electrons. The van der Waals surface area contributed by atoms with Crippen molar-refractivity contribution in [1.29, 1.82) is 0 Å². The zero-order chi connectivity index (χ0) is 22.9. The molecule has 0 aliphatic heterocycles. The Bertz CT molecular complexity index is 1110. The maximum atomic E-state index is 13.5. The molecule has 1 amide bonds. The summed E-state index contributed by atoms with van der Waals surface area (Å²) in [7, 11) is 0. The Kier molecular flexibility index (Phi) is 5.82. The van der Waals surface area contributed by atoms with Gasteiger partial charge in [-0.2, -0.15) is 26.3 Å². The number of amides is 1. The fourth-order valence-corrected chi connectivity index (χ4v) is 3.07. The number of alkyl halides is 6. The summed E-state index contributed by atoms with van der Waals surface area (Å²) in [6.45, 7) is 0. The van der Waals surface area contributed by atoms with Crippen LogP contribution in [0.15, 0.2) is 72.8 Å². The lowest BCUT2D eigenvalue weighted by Gasteiger charge is -2.34. The average molecular weight is 439 g/mol. The summed E-state index contributed by atoms with van der Waals surface area (Å²) in [6.07, 6.45) is -9.86. The van der Waals surface area contributed by atoms with E-state index in [0.29, 0.717) is 11.6 Å². The molecule has 3 rings (SSSR count). The summed E-state index contributed by atoms with van der Waals surface area (Å²) < 4.78 is 80.9. The summed E-state index contributed by atoms with van der Waals surface area (Å²) in [6, 6.07) is 15.6. The third-order valence-electron chi connectivity index (χ3n) is 4.61. The van der Waals surface area contributed by atoms with Gasteiger partial charge in [0, 0.05) is 17.0 Å². The Balaban J connectivity index is 2.15. The van der Waals surface area contributed by atoms with Crippen molar-refractivity contribution >= 4 is 28.4 Å². The van der Waals surface area contributed by atoms with E-state index in [4.69, 9.17) is 0 Å². The third-order valence-corrected chi connectivity index (χ3v) is 4.61. The first-order valence-electron chi connectivity index (χ1n) is 8.87. The second kappa shape index (κ2) is 8.07. The highest BCUT2D eigenvalue weighted by Gasteiger charge is 2.72. The predicted molar refractivity (Wildman–Crippen MR) is 104 cm³/mol. The molecule has 0 bridgehead atoms. The number of nitrogens with one attached hydrogen (secondary N) is 1. The molecule has 9 heteroatoms. The van der Waals surface area contributed by atoms with Crippen molar-refractivity contribution in [3.63, 3.8) is 0 Å². The molecular weight excluding hydrogens is 424 g/mol. The van der Waals surface area contributed by atoms with Crippen molar-refractivity contribution in [3.05, 3.63) is 83.9 Å². The number of hydrogen-bond donors (Lipinski definition) is 2. The molecule has 0 aliphatic carbocycles. The third kappa shape index (κ3) is 4.27. The fourth-order valence-electron chi connectivity index (χ4n) is 3.07. The topological polar surface area (TPSA) is 49.3 Å². The number of halogens is 6. The number of aliphatic hydroxyl groups is 1. The number of carbonyl (C=O) groups is 1. The van der Waals surface area contributed by atoms with Gasteiger partial charge in [-0.3, -0.25) is 4.79 Å². The summed E-state index contributed by atoms with van der Waals surface area (Å²) in [4.78, 5) is 12.4. The normalized spacial score (nSPS) is 13.0. The molecule has 0 atom stereocenters. The van der Waals surface area contributed by atoms with Crippen LogP contribution in [-0.4, -0.2) is 23.4 Å². The van der Waals surface area contributed by atoms with Crippen LogP contribution in [0.1, 0.15) is 11.1 Å². The van der Waals surface area contributed by atoms with Gasteiger partial charge in [-0.1, -0.05) is 66.7 Å². The maximum absolute atomic E-state index is 13.5. The smallest absolute Gasteiger partial charge is 0.369 e. The standard InChI is InChI=1S/C22H15F6NO2/c23-21(24,25)20(31,22(26,27)28)17-12-11-15-8-4-5-9-16(15)19(17)29-18(30)13-10-14-6-2-1-3-7-14/h1-13,31H,(H,29,30). The molecule has 31 heavy (non-hydrogen) atoms. The number of rotatable bonds is 4. The van der Waals surface area contributed by atoms with Crippen molar-refractivity contribution < 1.29 is 36.2 Å². The first-order valence-corrected chi connectivity index (χ1v) is 8.87. The van der Waals surface area contributed by atoms with Crippen LogP contribution in [0.5, 0.6) is 0 Å². The predicted octanol–water partition coefficient (Wildman–Crippen LogP) is 5.80. The van der Waals surface area contributed by atoms with Gasteiger partial charge in [0.15, 0.2) is 0 Å². The lowest BCUT2D eigenvalue weighted by molar-refractivity contribution is -0.375. The minimum Gasteiger partial charge on any atom is -0.369 e. The van der Waals surface area contributed by atoms with Crippen LogP contribution in [0.2, 0.25) is 0 Å². The van der Waals surface area contributed by atoms with Crippen LogP contribution >= 0.6 is 0 Å². The molecule has 0 spiro atoms. The second-order valence-corrected chi connectivity index (χ2v) is 6.65. The number of fused-ring (bicyclic) bond motifs is 1. The van der Waals surface area contributed by atoms with Crippen molar-refractivity contribution in [1.82, 2.24) is 0 Å². The second-order valence-electron chi connectivity index (χ2n) is 6.65. The van der Waals surface area contributed by atoms with Crippen molar-refractivity contribution in [3.8, 4) is 0 Å². The molecule has 0 heterocycles. The first-order chi connectivity index (χ1) is 14.4. The van der Waals surface area contributed by atoms with E-state index in [2.05, 4.69) is 5.32 Å². The minimum atomic E-state index is -6.09. The number of hydrogen-bond acceptors (Lipinski definition) is 2. The van der Waals surface area contributed by atoms with Gasteiger partial charge in [-0.15, -0.1) is 0 Å². The van der Waals surface area contributed by atoms with Crippen LogP contribution in [0.25, 0.3) is 16.8 Å².